The van der Waals surface area contributed by atoms with Gasteiger partial charge in [0.25, 0.3) is 0 Å². The van der Waals surface area contributed by atoms with Crippen molar-refractivity contribution in [2.75, 3.05) is 16.8 Å². The van der Waals surface area contributed by atoms with Crippen LogP contribution in [0.1, 0.15) is 26.3 Å². The van der Waals surface area contributed by atoms with Crippen molar-refractivity contribution in [2.45, 2.75) is 33.3 Å². The Bertz CT molecular complexity index is 532. The number of benzene rings is 1. The van der Waals surface area contributed by atoms with Crippen LogP contribution in [0.4, 0.5) is 16.2 Å². The zero-order valence-electron chi connectivity index (χ0n) is 11.6. The second-order valence-electron chi connectivity index (χ2n) is 5.59. The molecule has 0 saturated heterocycles. The molecular formula is C14H18N2O3. The highest BCUT2D eigenvalue weighted by Gasteiger charge is 2.31. The number of nitrogens with zero attached hydrogens (tertiary/aromatic N) is 1. The van der Waals surface area contributed by atoms with Crippen molar-refractivity contribution in [1.29, 1.82) is 0 Å². The Labute approximate surface area is 112 Å². The van der Waals surface area contributed by atoms with E-state index in [2.05, 4.69) is 5.32 Å². The number of hydrogen-bond acceptors (Lipinski definition) is 3. The molecule has 1 aromatic rings. The lowest BCUT2D eigenvalue weighted by Gasteiger charge is -2.32. The summed E-state index contributed by atoms with van der Waals surface area (Å²) in [5.41, 5.74) is 1.68. The van der Waals surface area contributed by atoms with Gasteiger partial charge < -0.3 is 10.1 Å². The zero-order valence-corrected chi connectivity index (χ0v) is 11.6. The molecule has 0 radical (unpaired) electrons. The van der Waals surface area contributed by atoms with Gasteiger partial charge in [-0.05, 0) is 39.3 Å². The number of anilines is 2. The molecule has 0 unspecified atom stereocenters. The van der Waals surface area contributed by atoms with Gasteiger partial charge in [-0.2, -0.15) is 0 Å². The van der Waals surface area contributed by atoms with Crippen molar-refractivity contribution in [3.63, 3.8) is 0 Å². The number of aryl methyl sites for hydroxylation is 1. The molecule has 102 valence electrons. The summed E-state index contributed by atoms with van der Waals surface area (Å²) in [4.78, 5) is 25.2. The van der Waals surface area contributed by atoms with Gasteiger partial charge in [-0.25, -0.2) is 4.79 Å². The minimum atomic E-state index is -0.589. The first kappa shape index (κ1) is 13.4. The number of hydrogen-bond donors (Lipinski definition) is 1. The van der Waals surface area contributed by atoms with Crippen LogP contribution in [0.15, 0.2) is 18.2 Å². The maximum absolute atomic E-state index is 12.2. The number of rotatable bonds is 0. The van der Waals surface area contributed by atoms with E-state index in [0.29, 0.717) is 11.4 Å². The van der Waals surface area contributed by atoms with Crippen molar-refractivity contribution in [3.05, 3.63) is 23.8 Å². The van der Waals surface area contributed by atoms with E-state index in [1.807, 2.05) is 19.1 Å². The van der Waals surface area contributed by atoms with E-state index in [4.69, 9.17) is 4.74 Å². The first-order valence-electron chi connectivity index (χ1n) is 6.18. The average molecular weight is 262 g/mol. The molecule has 2 amide bonds. The van der Waals surface area contributed by atoms with Crippen molar-refractivity contribution in [2.24, 2.45) is 0 Å². The highest BCUT2D eigenvalue weighted by atomic mass is 16.6. The molecule has 1 aliphatic rings. The van der Waals surface area contributed by atoms with Gasteiger partial charge in [0.05, 0.1) is 11.4 Å². The van der Waals surface area contributed by atoms with Gasteiger partial charge >= 0.3 is 6.09 Å². The Morgan fingerprint density at radius 3 is 2.68 bits per heavy atom. The van der Waals surface area contributed by atoms with Gasteiger partial charge in [-0.1, -0.05) is 12.1 Å². The van der Waals surface area contributed by atoms with Crippen molar-refractivity contribution >= 4 is 23.4 Å². The maximum atomic E-state index is 12.2. The van der Waals surface area contributed by atoms with Crippen LogP contribution in [0.25, 0.3) is 0 Å². The van der Waals surface area contributed by atoms with Crippen LogP contribution in [0, 0.1) is 6.92 Å². The Morgan fingerprint density at radius 1 is 1.37 bits per heavy atom. The molecule has 0 spiro atoms. The predicted molar refractivity (Wildman–Crippen MR) is 73.4 cm³/mol. The predicted octanol–water partition coefficient (Wildman–Crippen LogP) is 2.69. The summed E-state index contributed by atoms with van der Waals surface area (Å²) in [5.74, 6) is -0.219. The molecule has 1 N–H and O–H groups in total. The number of carbonyl (C=O) groups is 2. The van der Waals surface area contributed by atoms with Gasteiger partial charge in [-0.15, -0.1) is 0 Å². The normalized spacial score (nSPS) is 14.7. The molecule has 0 aliphatic carbocycles. The van der Waals surface area contributed by atoms with Crippen molar-refractivity contribution in [1.82, 2.24) is 0 Å². The Morgan fingerprint density at radius 2 is 2.05 bits per heavy atom. The van der Waals surface area contributed by atoms with Crippen LogP contribution in [-0.2, 0) is 9.53 Å². The molecule has 0 saturated carbocycles. The minimum absolute atomic E-state index is 0.0211. The fraction of sp³-hybridized carbons (Fsp3) is 0.429. The van der Waals surface area contributed by atoms with Crippen molar-refractivity contribution < 1.29 is 14.3 Å². The van der Waals surface area contributed by atoms with E-state index in [9.17, 15) is 9.59 Å². The van der Waals surface area contributed by atoms with Crippen LogP contribution in [0.5, 0.6) is 0 Å². The second kappa shape index (κ2) is 4.57. The number of ether oxygens (including phenoxy) is 1. The van der Waals surface area contributed by atoms with E-state index in [1.165, 1.54) is 4.90 Å². The molecule has 19 heavy (non-hydrogen) atoms. The fourth-order valence-electron chi connectivity index (χ4n) is 2.00. The number of carbonyl (C=O) groups excluding carboxylic acids is 2. The van der Waals surface area contributed by atoms with Crippen LogP contribution in [0.3, 0.4) is 0 Å². The van der Waals surface area contributed by atoms with E-state index >= 15 is 0 Å². The van der Waals surface area contributed by atoms with E-state index in [1.54, 1.807) is 26.8 Å². The lowest BCUT2D eigenvalue weighted by Crippen LogP contribution is -2.45. The summed E-state index contributed by atoms with van der Waals surface area (Å²) in [5, 5.41) is 2.76. The lowest BCUT2D eigenvalue weighted by molar-refractivity contribution is -0.115. The maximum Gasteiger partial charge on any atom is 0.415 e. The molecule has 0 bridgehead atoms. The van der Waals surface area contributed by atoms with Gasteiger partial charge in [0.2, 0.25) is 5.91 Å². The molecule has 1 heterocycles. The standard InChI is InChI=1S/C14H18N2O3/c1-9-6-5-7-10-12(9)16(8-11(17)15-10)13(18)19-14(2,3)4/h5-7H,8H2,1-4H3,(H,15,17). The molecule has 1 aliphatic heterocycles. The SMILES string of the molecule is Cc1cccc2c1N(C(=O)OC(C)(C)C)CC(=O)N2. The highest BCUT2D eigenvalue weighted by Crippen LogP contribution is 2.33. The molecule has 0 fully saturated rings. The number of fused-ring (bicyclic) bond motifs is 1. The molecular weight excluding hydrogens is 244 g/mol. The zero-order chi connectivity index (χ0) is 14.2. The molecule has 2 rings (SSSR count). The Hall–Kier alpha value is -2.04. The number of amides is 2. The van der Waals surface area contributed by atoms with Gasteiger partial charge in [0.15, 0.2) is 0 Å². The van der Waals surface area contributed by atoms with Crippen LogP contribution < -0.4 is 10.2 Å². The van der Waals surface area contributed by atoms with Crippen molar-refractivity contribution in [3.8, 4) is 0 Å². The molecule has 0 atom stereocenters. The summed E-state index contributed by atoms with van der Waals surface area (Å²) < 4.78 is 5.34. The summed E-state index contributed by atoms with van der Waals surface area (Å²) in [6, 6.07) is 5.51. The van der Waals surface area contributed by atoms with E-state index in [0.717, 1.165) is 5.56 Å². The Kier molecular flexibility index (Phi) is 3.22. The largest absolute Gasteiger partial charge is 0.443 e. The van der Waals surface area contributed by atoms with E-state index in [-0.39, 0.29) is 12.5 Å². The first-order valence-corrected chi connectivity index (χ1v) is 6.18. The smallest absolute Gasteiger partial charge is 0.415 e. The van der Waals surface area contributed by atoms with Gasteiger partial charge in [-0.3, -0.25) is 9.69 Å². The van der Waals surface area contributed by atoms with Crippen LogP contribution >= 0.6 is 0 Å². The third kappa shape index (κ3) is 2.86. The van der Waals surface area contributed by atoms with Gasteiger partial charge in [0.1, 0.15) is 12.1 Å². The van der Waals surface area contributed by atoms with E-state index < -0.39 is 11.7 Å². The van der Waals surface area contributed by atoms with Gasteiger partial charge in [0, 0.05) is 0 Å². The molecule has 5 heteroatoms. The highest BCUT2D eigenvalue weighted by molar-refractivity contribution is 6.09. The topological polar surface area (TPSA) is 58.6 Å². The summed E-state index contributed by atoms with van der Waals surface area (Å²) in [7, 11) is 0. The lowest BCUT2D eigenvalue weighted by atomic mass is 10.1. The minimum Gasteiger partial charge on any atom is -0.443 e. The molecule has 5 nitrogen and oxygen atoms in total. The summed E-state index contributed by atoms with van der Waals surface area (Å²) in [6.07, 6.45) is -0.502. The third-order valence-corrected chi connectivity index (χ3v) is 2.70. The molecule has 0 aromatic heterocycles. The number of nitrogens with one attached hydrogen (secondary N) is 1. The summed E-state index contributed by atoms with van der Waals surface area (Å²) >= 11 is 0. The second-order valence-corrected chi connectivity index (χ2v) is 5.59. The average Bonchev–Trinajstić information content (AvgIpc) is 2.25. The Balaban J connectivity index is 2.38. The quantitative estimate of drug-likeness (QED) is 0.782. The number of para-hydroxylation sites is 1. The monoisotopic (exact) mass is 262 g/mol. The third-order valence-electron chi connectivity index (χ3n) is 2.70. The van der Waals surface area contributed by atoms with Crippen LogP contribution in [0.2, 0.25) is 0 Å². The first-order chi connectivity index (χ1) is 8.78. The molecule has 1 aromatic carbocycles. The van der Waals surface area contributed by atoms with Crippen LogP contribution in [-0.4, -0.2) is 24.1 Å². The summed E-state index contributed by atoms with van der Waals surface area (Å²) in [6.45, 7) is 7.27. The fourth-order valence-corrected chi connectivity index (χ4v) is 2.00.